The van der Waals surface area contributed by atoms with Crippen molar-refractivity contribution < 1.29 is 15.0 Å². The molecule has 0 radical (unpaired) electrons. The van der Waals surface area contributed by atoms with Crippen LogP contribution in [0.5, 0.6) is 5.75 Å². The molecule has 0 bridgehead atoms. The van der Waals surface area contributed by atoms with Gasteiger partial charge < -0.3 is 15.5 Å². The van der Waals surface area contributed by atoms with Gasteiger partial charge in [0.2, 0.25) is 5.91 Å². The van der Waals surface area contributed by atoms with E-state index in [1.807, 2.05) is 0 Å². The molecule has 104 valence electrons. The lowest BCUT2D eigenvalue weighted by Gasteiger charge is -2.17. The Kier molecular flexibility index (Phi) is 4.80. The van der Waals surface area contributed by atoms with E-state index in [2.05, 4.69) is 5.32 Å². The van der Waals surface area contributed by atoms with Crippen molar-refractivity contribution in [3.63, 3.8) is 0 Å². The molecule has 0 heterocycles. The molecule has 1 aliphatic carbocycles. The van der Waals surface area contributed by atoms with Gasteiger partial charge in [0.15, 0.2) is 0 Å². The number of benzene rings is 1. The zero-order valence-corrected chi connectivity index (χ0v) is 11.0. The summed E-state index contributed by atoms with van der Waals surface area (Å²) in [5.41, 5.74) is 0.889. The van der Waals surface area contributed by atoms with Gasteiger partial charge in [0, 0.05) is 13.2 Å². The molecule has 1 amide bonds. The number of aromatic hydroxyl groups is 1. The molecule has 2 atom stereocenters. The second kappa shape index (κ2) is 6.57. The molecular weight excluding hydrogens is 242 g/mol. The highest BCUT2D eigenvalue weighted by Crippen LogP contribution is 2.30. The molecule has 3 N–H and O–H groups in total. The van der Waals surface area contributed by atoms with Crippen LogP contribution in [0.1, 0.15) is 24.8 Å². The third-order valence-electron chi connectivity index (χ3n) is 3.91. The minimum atomic E-state index is -0.00530. The second-order valence-corrected chi connectivity index (χ2v) is 5.28. The third kappa shape index (κ3) is 3.96. The van der Waals surface area contributed by atoms with Gasteiger partial charge in [-0.05, 0) is 42.4 Å². The van der Waals surface area contributed by atoms with Gasteiger partial charge in [-0.2, -0.15) is 0 Å². The highest BCUT2D eigenvalue weighted by Gasteiger charge is 2.26. The Morgan fingerprint density at radius 1 is 1.21 bits per heavy atom. The van der Waals surface area contributed by atoms with Crippen LogP contribution in [0.3, 0.4) is 0 Å². The van der Waals surface area contributed by atoms with E-state index in [-0.39, 0.29) is 18.3 Å². The van der Waals surface area contributed by atoms with Crippen molar-refractivity contribution in [2.24, 2.45) is 11.8 Å². The zero-order valence-electron chi connectivity index (χ0n) is 11.0. The lowest BCUT2D eigenvalue weighted by molar-refractivity contribution is -0.120. The summed E-state index contributed by atoms with van der Waals surface area (Å²) in [6, 6.07) is 6.67. The maximum Gasteiger partial charge on any atom is 0.224 e. The highest BCUT2D eigenvalue weighted by atomic mass is 16.3. The summed E-state index contributed by atoms with van der Waals surface area (Å²) in [7, 11) is 0. The summed E-state index contributed by atoms with van der Waals surface area (Å²) in [6.07, 6.45) is 3.63. The van der Waals surface area contributed by atoms with Crippen molar-refractivity contribution in [2.45, 2.75) is 25.7 Å². The summed E-state index contributed by atoms with van der Waals surface area (Å²) < 4.78 is 0. The molecule has 1 aromatic rings. The van der Waals surface area contributed by atoms with Crippen molar-refractivity contribution in [3.05, 3.63) is 29.8 Å². The van der Waals surface area contributed by atoms with Gasteiger partial charge in [-0.25, -0.2) is 0 Å². The fraction of sp³-hybridized carbons (Fsp3) is 0.533. The predicted octanol–water partition coefficient (Wildman–Crippen LogP) is 1.46. The fourth-order valence-corrected chi connectivity index (χ4v) is 2.73. The molecule has 1 saturated carbocycles. The normalized spacial score (nSPS) is 22.4. The molecule has 0 aliphatic heterocycles. The molecule has 4 heteroatoms. The standard InChI is InChI=1S/C15H21NO3/c17-10-13-3-1-2-12(13)9-16-15(19)8-11-4-6-14(18)7-5-11/h4-7,12-13,17-18H,1-3,8-10H2,(H,16,19). The van der Waals surface area contributed by atoms with Gasteiger partial charge in [-0.3, -0.25) is 4.79 Å². The van der Waals surface area contributed by atoms with Crippen LogP contribution in [-0.4, -0.2) is 29.3 Å². The second-order valence-electron chi connectivity index (χ2n) is 5.28. The smallest absolute Gasteiger partial charge is 0.224 e. The number of aliphatic hydroxyl groups is 1. The summed E-state index contributed by atoms with van der Waals surface area (Å²) >= 11 is 0. The van der Waals surface area contributed by atoms with E-state index in [9.17, 15) is 9.90 Å². The number of hydrogen-bond donors (Lipinski definition) is 3. The van der Waals surface area contributed by atoms with Crippen LogP contribution >= 0.6 is 0 Å². The molecule has 19 heavy (non-hydrogen) atoms. The van der Waals surface area contributed by atoms with Crippen molar-refractivity contribution in [3.8, 4) is 5.75 Å². The van der Waals surface area contributed by atoms with Gasteiger partial charge in [-0.15, -0.1) is 0 Å². The number of carbonyl (C=O) groups excluding carboxylic acids is 1. The van der Waals surface area contributed by atoms with E-state index in [0.29, 0.717) is 24.8 Å². The Balaban J connectivity index is 1.77. The molecule has 1 aliphatic rings. The van der Waals surface area contributed by atoms with E-state index >= 15 is 0 Å². The van der Waals surface area contributed by atoms with Gasteiger partial charge in [0.25, 0.3) is 0 Å². The number of hydrogen-bond acceptors (Lipinski definition) is 3. The predicted molar refractivity (Wildman–Crippen MR) is 72.7 cm³/mol. The van der Waals surface area contributed by atoms with Crippen LogP contribution in [0.15, 0.2) is 24.3 Å². The highest BCUT2D eigenvalue weighted by molar-refractivity contribution is 5.78. The average Bonchev–Trinajstić information content (AvgIpc) is 2.86. The Labute approximate surface area is 113 Å². The fourth-order valence-electron chi connectivity index (χ4n) is 2.73. The SMILES string of the molecule is O=C(Cc1ccc(O)cc1)NCC1CCCC1CO. The maximum atomic E-state index is 11.8. The van der Waals surface area contributed by atoms with Crippen LogP contribution < -0.4 is 5.32 Å². The van der Waals surface area contributed by atoms with E-state index in [1.54, 1.807) is 24.3 Å². The zero-order chi connectivity index (χ0) is 13.7. The summed E-state index contributed by atoms with van der Waals surface area (Å²) in [6.45, 7) is 0.876. The summed E-state index contributed by atoms with van der Waals surface area (Å²) in [5, 5.41) is 21.3. The van der Waals surface area contributed by atoms with Gasteiger partial charge in [0.05, 0.1) is 6.42 Å². The maximum absolute atomic E-state index is 11.8. The first-order valence-electron chi connectivity index (χ1n) is 6.84. The molecule has 2 rings (SSSR count). The molecule has 0 saturated heterocycles. The van der Waals surface area contributed by atoms with Gasteiger partial charge in [0.1, 0.15) is 5.75 Å². The topological polar surface area (TPSA) is 69.6 Å². The van der Waals surface area contributed by atoms with E-state index in [4.69, 9.17) is 5.11 Å². The third-order valence-corrected chi connectivity index (χ3v) is 3.91. The van der Waals surface area contributed by atoms with Gasteiger partial charge >= 0.3 is 0 Å². The van der Waals surface area contributed by atoms with Crippen molar-refractivity contribution in [1.82, 2.24) is 5.32 Å². The lowest BCUT2D eigenvalue weighted by atomic mass is 9.97. The number of amides is 1. The molecular formula is C15H21NO3. The van der Waals surface area contributed by atoms with Crippen molar-refractivity contribution >= 4 is 5.91 Å². The largest absolute Gasteiger partial charge is 0.508 e. The van der Waals surface area contributed by atoms with Crippen molar-refractivity contribution in [2.75, 3.05) is 13.2 Å². The number of rotatable bonds is 5. The number of phenols is 1. The summed E-state index contributed by atoms with van der Waals surface area (Å²) in [4.78, 5) is 11.8. The lowest BCUT2D eigenvalue weighted by Crippen LogP contribution is -2.32. The number of aliphatic hydroxyl groups excluding tert-OH is 1. The quantitative estimate of drug-likeness (QED) is 0.753. The minimum Gasteiger partial charge on any atom is -0.508 e. The molecule has 2 unspecified atom stereocenters. The van der Waals surface area contributed by atoms with Crippen molar-refractivity contribution in [1.29, 1.82) is 0 Å². The first-order chi connectivity index (χ1) is 9.19. The van der Waals surface area contributed by atoms with Gasteiger partial charge in [-0.1, -0.05) is 18.6 Å². The Hall–Kier alpha value is -1.55. The molecule has 0 spiro atoms. The first kappa shape index (κ1) is 13.9. The van der Waals surface area contributed by atoms with E-state index < -0.39 is 0 Å². The molecule has 1 fully saturated rings. The monoisotopic (exact) mass is 263 g/mol. The molecule has 0 aromatic heterocycles. The van der Waals surface area contributed by atoms with Crippen LogP contribution in [0.4, 0.5) is 0 Å². The number of phenolic OH excluding ortho intramolecular Hbond substituents is 1. The van der Waals surface area contributed by atoms with E-state index in [1.165, 1.54) is 0 Å². The van der Waals surface area contributed by atoms with Crippen LogP contribution in [0, 0.1) is 11.8 Å². The van der Waals surface area contributed by atoms with Crippen LogP contribution in [0.2, 0.25) is 0 Å². The number of nitrogens with one attached hydrogen (secondary N) is 1. The van der Waals surface area contributed by atoms with Crippen LogP contribution in [0.25, 0.3) is 0 Å². The Morgan fingerprint density at radius 3 is 2.58 bits per heavy atom. The number of carbonyl (C=O) groups is 1. The van der Waals surface area contributed by atoms with Crippen LogP contribution in [-0.2, 0) is 11.2 Å². The van der Waals surface area contributed by atoms with E-state index in [0.717, 1.165) is 24.8 Å². The summed E-state index contributed by atoms with van der Waals surface area (Å²) in [5.74, 6) is 0.956. The Bertz CT molecular complexity index is 416. The average molecular weight is 263 g/mol. The minimum absolute atomic E-state index is 0.00530. The Morgan fingerprint density at radius 2 is 1.89 bits per heavy atom. The first-order valence-corrected chi connectivity index (χ1v) is 6.84. The molecule has 4 nitrogen and oxygen atoms in total. The molecule has 1 aromatic carbocycles.